The topological polar surface area (TPSA) is 85.4 Å². The number of anilines is 2. The minimum atomic E-state index is -0.419. The smallest absolute Gasteiger partial charge is 0.325 e. The summed E-state index contributed by atoms with van der Waals surface area (Å²) in [5, 5.41) is 14.5. The van der Waals surface area contributed by atoms with Crippen LogP contribution in [0.1, 0.15) is 16.1 Å². The van der Waals surface area contributed by atoms with Crippen LogP contribution in [0.5, 0.6) is 11.5 Å². The molecule has 0 atom stereocenters. The number of aryl methyl sites for hydroxylation is 2. The number of carbonyl (C=O) groups excluding carboxylic acids is 1. The zero-order chi connectivity index (χ0) is 19.2. The molecule has 1 aromatic heterocycles. The third-order valence-corrected chi connectivity index (χ3v) is 4.60. The molecule has 2 N–H and O–H groups in total. The highest BCUT2D eigenvalue weighted by Crippen LogP contribution is 2.25. The fourth-order valence-electron chi connectivity index (χ4n) is 2.52. The van der Waals surface area contributed by atoms with Crippen LogP contribution >= 0.6 is 11.3 Å². The number of nitrogens with zero attached hydrogens (tertiary/aromatic N) is 2. The monoisotopic (exact) mass is 384 g/mol. The van der Waals surface area contributed by atoms with Crippen LogP contribution in [0.25, 0.3) is 0 Å². The molecule has 0 unspecified atom stereocenters. The largest absolute Gasteiger partial charge is 0.495 e. The third-order valence-electron chi connectivity index (χ3n) is 3.79. The zero-order valence-corrected chi connectivity index (χ0v) is 16.1. The van der Waals surface area contributed by atoms with Crippen molar-refractivity contribution in [1.82, 2.24) is 10.2 Å². The Morgan fingerprint density at radius 2 is 1.78 bits per heavy atom. The van der Waals surface area contributed by atoms with E-state index in [9.17, 15) is 4.79 Å². The first kappa shape index (κ1) is 18.7. The van der Waals surface area contributed by atoms with Crippen LogP contribution in [0.15, 0.2) is 42.5 Å². The fourth-order valence-corrected chi connectivity index (χ4v) is 3.17. The van der Waals surface area contributed by atoms with Crippen LogP contribution < -0.4 is 20.1 Å². The van der Waals surface area contributed by atoms with Crippen molar-refractivity contribution < 1.29 is 14.3 Å². The summed E-state index contributed by atoms with van der Waals surface area (Å²) in [4.78, 5) is 12.2. The Bertz CT molecular complexity index is 922. The Kier molecular flexibility index (Phi) is 5.87. The molecule has 1 heterocycles. The lowest BCUT2D eigenvalue weighted by Gasteiger charge is -2.10. The minimum Gasteiger partial charge on any atom is -0.495 e. The van der Waals surface area contributed by atoms with Crippen LogP contribution in [0.2, 0.25) is 0 Å². The summed E-state index contributed by atoms with van der Waals surface area (Å²) in [5.41, 5.74) is 2.70. The summed E-state index contributed by atoms with van der Waals surface area (Å²) in [7, 11) is 1.55. The number of carbonyl (C=O) groups is 1. The molecule has 0 saturated heterocycles. The number of hydrogen-bond donors (Lipinski definition) is 2. The van der Waals surface area contributed by atoms with Gasteiger partial charge in [-0.25, -0.2) is 4.79 Å². The van der Waals surface area contributed by atoms with Crippen molar-refractivity contribution in [3.8, 4) is 11.5 Å². The first-order valence-corrected chi connectivity index (χ1v) is 9.11. The quantitative estimate of drug-likeness (QED) is 0.658. The minimum absolute atomic E-state index is 0.291. The van der Waals surface area contributed by atoms with E-state index in [0.29, 0.717) is 28.2 Å². The van der Waals surface area contributed by atoms with E-state index in [2.05, 4.69) is 20.8 Å². The van der Waals surface area contributed by atoms with Crippen LogP contribution in [0.4, 0.5) is 15.6 Å². The molecule has 8 heteroatoms. The number of hydrogen-bond acceptors (Lipinski definition) is 6. The average molecular weight is 384 g/mol. The van der Waals surface area contributed by atoms with Crippen LogP contribution in [0, 0.1) is 13.8 Å². The molecule has 2 aromatic carbocycles. The Balaban J connectivity index is 1.58. The van der Waals surface area contributed by atoms with Crippen molar-refractivity contribution in [3.63, 3.8) is 0 Å². The van der Waals surface area contributed by atoms with E-state index >= 15 is 0 Å². The van der Waals surface area contributed by atoms with Gasteiger partial charge in [-0.1, -0.05) is 41.7 Å². The molecule has 0 saturated carbocycles. The van der Waals surface area contributed by atoms with Gasteiger partial charge in [-0.3, -0.25) is 5.32 Å². The van der Waals surface area contributed by atoms with Gasteiger partial charge in [0.1, 0.15) is 18.1 Å². The Morgan fingerprint density at radius 3 is 2.52 bits per heavy atom. The molecule has 27 heavy (non-hydrogen) atoms. The van der Waals surface area contributed by atoms with Gasteiger partial charge in [-0.2, -0.15) is 0 Å². The third kappa shape index (κ3) is 4.73. The highest BCUT2D eigenvalue weighted by Gasteiger charge is 2.11. The van der Waals surface area contributed by atoms with Gasteiger partial charge in [0.15, 0.2) is 5.01 Å². The number of para-hydroxylation sites is 3. The van der Waals surface area contributed by atoms with Crippen molar-refractivity contribution in [2.75, 3.05) is 17.7 Å². The second kappa shape index (κ2) is 8.50. The number of urea groups is 1. The Labute approximate surface area is 161 Å². The van der Waals surface area contributed by atoms with Gasteiger partial charge in [-0.05, 0) is 37.1 Å². The summed E-state index contributed by atoms with van der Waals surface area (Å²) in [6, 6.07) is 12.7. The van der Waals surface area contributed by atoms with E-state index in [1.54, 1.807) is 19.2 Å². The van der Waals surface area contributed by atoms with Crippen molar-refractivity contribution >= 4 is 28.2 Å². The number of rotatable bonds is 6. The standard InChI is InChI=1S/C19H20N4O3S/c1-12-7-6-8-13(2)17(12)26-11-16-22-23-19(27-16)21-18(24)20-14-9-4-5-10-15(14)25-3/h4-10H,11H2,1-3H3,(H2,20,21,23,24). The molecule has 3 aromatic rings. The highest BCUT2D eigenvalue weighted by atomic mass is 32.1. The second-order valence-electron chi connectivity index (χ2n) is 5.79. The highest BCUT2D eigenvalue weighted by molar-refractivity contribution is 7.15. The SMILES string of the molecule is COc1ccccc1NC(=O)Nc1nnc(COc2c(C)cccc2C)s1. The summed E-state index contributed by atoms with van der Waals surface area (Å²) < 4.78 is 11.1. The molecule has 0 fully saturated rings. The molecular formula is C19H20N4O3S. The molecule has 3 rings (SSSR count). The first-order chi connectivity index (χ1) is 13.1. The normalized spacial score (nSPS) is 10.3. The molecule has 140 valence electrons. The molecule has 0 bridgehead atoms. The maximum Gasteiger partial charge on any atom is 0.325 e. The van der Waals surface area contributed by atoms with Crippen LogP contribution in [-0.4, -0.2) is 23.3 Å². The van der Waals surface area contributed by atoms with Crippen molar-refractivity contribution in [1.29, 1.82) is 0 Å². The molecule has 0 spiro atoms. The number of amides is 2. The lowest BCUT2D eigenvalue weighted by molar-refractivity contribution is 0.262. The summed E-state index contributed by atoms with van der Waals surface area (Å²) >= 11 is 1.26. The summed E-state index contributed by atoms with van der Waals surface area (Å²) in [5.74, 6) is 1.42. The van der Waals surface area contributed by atoms with E-state index in [-0.39, 0.29) is 0 Å². The van der Waals surface area contributed by atoms with Gasteiger partial charge in [0.2, 0.25) is 5.13 Å². The first-order valence-electron chi connectivity index (χ1n) is 8.29. The Morgan fingerprint density at radius 1 is 1.04 bits per heavy atom. The summed E-state index contributed by atoms with van der Waals surface area (Å²) in [6.07, 6.45) is 0. The number of methoxy groups -OCH3 is 1. The van der Waals surface area contributed by atoms with Crippen molar-refractivity contribution in [2.45, 2.75) is 20.5 Å². The molecule has 2 amide bonds. The number of nitrogens with one attached hydrogen (secondary N) is 2. The number of ether oxygens (including phenoxy) is 2. The lowest BCUT2D eigenvalue weighted by Crippen LogP contribution is -2.19. The van der Waals surface area contributed by atoms with E-state index in [1.165, 1.54) is 11.3 Å². The molecule has 0 aliphatic carbocycles. The second-order valence-corrected chi connectivity index (χ2v) is 6.85. The van der Waals surface area contributed by atoms with Gasteiger partial charge in [-0.15, -0.1) is 10.2 Å². The van der Waals surface area contributed by atoms with Gasteiger partial charge in [0.25, 0.3) is 0 Å². The lowest BCUT2D eigenvalue weighted by atomic mass is 10.1. The number of aromatic nitrogens is 2. The van der Waals surface area contributed by atoms with E-state index in [4.69, 9.17) is 9.47 Å². The fraction of sp³-hybridized carbons (Fsp3) is 0.211. The van der Waals surface area contributed by atoms with Gasteiger partial charge >= 0.3 is 6.03 Å². The molecule has 7 nitrogen and oxygen atoms in total. The average Bonchev–Trinajstić information content (AvgIpc) is 3.09. The zero-order valence-electron chi connectivity index (χ0n) is 15.3. The van der Waals surface area contributed by atoms with Crippen LogP contribution in [-0.2, 0) is 6.61 Å². The molecule has 0 aliphatic rings. The maximum absolute atomic E-state index is 12.2. The van der Waals surface area contributed by atoms with Crippen molar-refractivity contribution in [3.05, 3.63) is 58.6 Å². The number of benzene rings is 2. The van der Waals surface area contributed by atoms with Crippen molar-refractivity contribution in [2.24, 2.45) is 0 Å². The van der Waals surface area contributed by atoms with Gasteiger partial charge in [0, 0.05) is 0 Å². The molecular weight excluding hydrogens is 364 g/mol. The van der Waals surface area contributed by atoms with Gasteiger partial charge in [0.05, 0.1) is 12.8 Å². The van der Waals surface area contributed by atoms with Gasteiger partial charge < -0.3 is 14.8 Å². The van der Waals surface area contributed by atoms with E-state index in [1.807, 2.05) is 44.2 Å². The van der Waals surface area contributed by atoms with Crippen LogP contribution in [0.3, 0.4) is 0 Å². The predicted octanol–water partition coefficient (Wildman–Crippen LogP) is 4.39. The summed E-state index contributed by atoms with van der Waals surface area (Å²) in [6.45, 7) is 4.29. The van der Waals surface area contributed by atoms with E-state index < -0.39 is 6.03 Å². The molecule has 0 aliphatic heterocycles. The molecule has 0 radical (unpaired) electrons. The Hall–Kier alpha value is -3.13. The van der Waals surface area contributed by atoms with E-state index in [0.717, 1.165) is 16.9 Å². The predicted molar refractivity (Wildman–Crippen MR) is 106 cm³/mol. The maximum atomic E-state index is 12.2.